The van der Waals surface area contributed by atoms with Crippen molar-refractivity contribution in [3.8, 4) is 17.3 Å². The molecule has 114 valence electrons. The van der Waals surface area contributed by atoms with Gasteiger partial charge in [0.1, 0.15) is 11.3 Å². The number of likely N-dealkylation sites (tertiary alicyclic amines) is 1. The number of pyridine rings is 1. The van der Waals surface area contributed by atoms with Crippen molar-refractivity contribution in [2.45, 2.75) is 18.8 Å². The van der Waals surface area contributed by atoms with Gasteiger partial charge < -0.3 is 9.88 Å². The number of nitriles is 1. The van der Waals surface area contributed by atoms with Crippen molar-refractivity contribution in [2.75, 3.05) is 13.1 Å². The van der Waals surface area contributed by atoms with E-state index < -0.39 is 0 Å². The topological polar surface area (TPSA) is 68.6 Å². The van der Waals surface area contributed by atoms with Crippen LogP contribution in [0.3, 0.4) is 0 Å². The van der Waals surface area contributed by atoms with Gasteiger partial charge in [-0.2, -0.15) is 5.26 Å². The van der Waals surface area contributed by atoms with E-state index in [2.05, 4.69) is 34.4 Å². The zero-order chi connectivity index (χ0) is 15.6. The predicted octanol–water partition coefficient (Wildman–Crippen LogP) is 3.29. The number of piperidine rings is 1. The summed E-state index contributed by atoms with van der Waals surface area (Å²) in [5.41, 5.74) is 3.91. The monoisotopic (exact) mass is 303 g/mol. The summed E-state index contributed by atoms with van der Waals surface area (Å²) in [7, 11) is 0. The first-order valence-corrected chi connectivity index (χ1v) is 7.89. The highest BCUT2D eigenvalue weighted by molar-refractivity contribution is 5.78. The maximum absolute atomic E-state index is 9.09. The number of fused-ring (bicyclic) bond motifs is 1. The van der Waals surface area contributed by atoms with Gasteiger partial charge in [0, 0.05) is 30.8 Å². The van der Waals surface area contributed by atoms with Gasteiger partial charge in [-0.1, -0.05) is 30.3 Å². The molecular weight excluding hydrogens is 286 g/mol. The molecule has 3 aromatic rings. The van der Waals surface area contributed by atoms with Crippen molar-refractivity contribution >= 4 is 11.2 Å². The summed E-state index contributed by atoms with van der Waals surface area (Å²) in [6, 6.07) is 12.3. The van der Waals surface area contributed by atoms with Gasteiger partial charge in [-0.15, -0.1) is 0 Å². The number of H-pyrrole nitrogens is 1. The molecule has 0 bridgehead atoms. The van der Waals surface area contributed by atoms with Gasteiger partial charge in [-0.3, -0.25) is 0 Å². The van der Waals surface area contributed by atoms with Crippen molar-refractivity contribution in [3.63, 3.8) is 0 Å². The Morgan fingerprint density at radius 2 is 2.09 bits per heavy atom. The number of nitrogens with zero attached hydrogens (tertiary/aromatic N) is 4. The third-order valence-electron chi connectivity index (χ3n) is 4.41. The average Bonchev–Trinajstić information content (AvgIpc) is 3.06. The van der Waals surface area contributed by atoms with Gasteiger partial charge in [0.2, 0.25) is 0 Å². The molecule has 5 nitrogen and oxygen atoms in total. The zero-order valence-corrected chi connectivity index (χ0v) is 12.7. The van der Waals surface area contributed by atoms with Crippen LogP contribution < -0.4 is 0 Å². The van der Waals surface area contributed by atoms with Crippen molar-refractivity contribution in [3.05, 3.63) is 48.4 Å². The lowest BCUT2D eigenvalue weighted by molar-refractivity contribution is 0.286. The van der Waals surface area contributed by atoms with Crippen molar-refractivity contribution < 1.29 is 0 Å². The van der Waals surface area contributed by atoms with E-state index in [0.29, 0.717) is 0 Å². The molecule has 1 saturated heterocycles. The molecule has 0 spiro atoms. The number of nitrogens with one attached hydrogen (secondary N) is 1. The van der Waals surface area contributed by atoms with E-state index in [-0.39, 0.29) is 5.92 Å². The molecule has 1 aliphatic rings. The Labute approximate surface area is 134 Å². The molecule has 2 aromatic heterocycles. The quantitative estimate of drug-likeness (QED) is 0.738. The summed E-state index contributed by atoms with van der Waals surface area (Å²) >= 11 is 0. The SMILES string of the molecule is N#CN1CCCC(c2nc3cc(-c4ccccc4)cnc3[nH]2)C1. The minimum Gasteiger partial charge on any atom is -0.326 e. The Balaban J connectivity index is 1.67. The van der Waals surface area contributed by atoms with Gasteiger partial charge in [0.15, 0.2) is 11.8 Å². The van der Waals surface area contributed by atoms with Crippen LogP contribution in [0.4, 0.5) is 0 Å². The van der Waals surface area contributed by atoms with Crippen LogP contribution in [0.5, 0.6) is 0 Å². The summed E-state index contributed by atoms with van der Waals surface area (Å²) < 4.78 is 0. The number of aromatic amines is 1. The summed E-state index contributed by atoms with van der Waals surface area (Å²) in [4.78, 5) is 14.4. The van der Waals surface area contributed by atoms with Gasteiger partial charge in [0.05, 0.1) is 0 Å². The Morgan fingerprint density at radius 3 is 2.91 bits per heavy atom. The summed E-state index contributed by atoms with van der Waals surface area (Å²) in [6.07, 6.45) is 6.21. The molecular formula is C18H17N5. The van der Waals surface area contributed by atoms with E-state index >= 15 is 0 Å². The second-order valence-electron chi connectivity index (χ2n) is 5.96. The smallest absolute Gasteiger partial charge is 0.179 e. The largest absolute Gasteiger partial charge is 0.326 e. The number of aromatic nitrogens is 3. The van der Waals surface area contributed by atoms with Crippen LogP contribution in [0.15, 0.2) is 42.6 Å². The number of hydrogen-bond donors (Lipinski definition) is 1. The lowest BCUT2D eigenvalue weighted by Gasteiger charge is -2.27. The molecule has 1 fully saturated rings. The zero-order valence-electron chi connectivity index (χ0n) is 12.7. The van der Waals surface area contributed by atoms with Crippen LogP contribution in [0.2, 0.25) is 0 Å². The number of rotatable bonds is 2. The molecule has 1 aromatic carbocycles. The molecule has 4 rings (SSSR count). The molecule has 1 unspecified atom stereocenters. The molecule has 1 atom stereocenters. The molecule has 1 N–H and O–H groups in total. The Kier molecular flexibility index (Phi) is 3.43. The first-order valence-electron chi connectivity index (χ1n) is 7.89. The number of benzene rings is 1. The molecule has 0 saturated carbocycles. The molecule has 5 heteroatoms. The van der Waals surface area contributed by atoms with E-state index in [1.54, 1.807) is 0 Å². The Bertz CT molecular complexity index is 862. The van der Waals surface area contributed by atoms with Crippen LogP contribution in [0.1, 0.15) is 24.6 Å². The van der Waals surface area contributed by atoms with Crippen LogP contribution >= 0.6 is 0 Å². The average molecular weight is 303 g/mol. The van der Waals surface area contributed by atoms with Crippen LogP contribution in [0.25, 0.3) is 22.3 Å². The molecule has 0 aliphatic carbocycles. The predicted molar refractivity (Wildman–Crippen MR) is 88.5 cm³/mol. The second-order valence-corrected chi connectivity index (χ2v) is 5.96. The molecule has 23 heavy (non-hydrogen) atoms. The summed E-state index contributed by atoms with van der Waals surface area (Å²) in [5.74, 6) is 1.22. The van der Waals surface area contributed by atoms with Gasteiger partial charge in [0.25, 0.3) is 0 Å². The minimum atomic E-state index is 0.276. The standard InChI is InChI=1S/C18H17N5/c19-12-23-8-4-7-14(11-23)17-21-16-9-15(10-20-18(16)22-17)13-5-2-1-3-6-13/h1-3,5-6,9-10,14H,4,7-8,11H2,(H,20,21,22). The fourth-order valence-electron chi connectivity index (χ4n) is 3.19. The normalized spacial score (nSPS) is 18.0. The van der Waals surface area contributed by atoms with E-state index in [4.69, 9.17) is 10.2 Å². The molecule has 0 radical (unpaired) electrons. The van der Waals surface area contributed by atoms with Crippen molar-refractivity contribution in [1.82, 2.24) is 19.9 Å². The number of hydrogen-bond acceptors (Lipinski definition) is 4. The van der Waals surface area contributed by atoms with E-state index in [1.165, 1.54) is 0 Å². The molecule has 1 aliphatic heterocycles. The maximum Gasteiger partial charge on any atom is 0.179 e. The molecule has 3 heterocycles. The van der Waals surface area contributed by atoms with Crippen LogP contribution in [0, 0.1) is 11.5 Å². The number of imidazole rings is 1. The van der Waals surface area contributed by atoms with Crippen molar-refractivity contribution in [1.29, 1.82) is 5.26 Å². The lowest BCUT2D eigenvalue weighted by Crippen LogP contribution is -2.30. The third-order valence-corrected chi connectivity index (χ3v) is 4.41. The lowest BCUT2D eigenvalue weighted by atomic mass is 9.98. The van der Waals surface area contributed by atoms with E-state index in [9.17, 15) is 0 Å². The fraction of sp³-hybridized carbons (Fsp3) is 0.278. The summed E-state index contributed by atoms with van der Waals surface area (Å²) in [5, 5.41) is 9.09. The highest BCUT2D eigenvalue weighted by Crippen LogP contribution is 2.27. The first-order chi connectivity index (χ1) is 11.3. The van der Waals surface area contributed by atoms with Gasteiger partial charge in [-0.25, -0.2) is 9.97 Å². The third kappa shape index (κ3) is 2.64. The minimum absolute atomic E-state index is 0.276. The highest BCUT2D eigenvalue weighted by atomic mass is 15.1. The first kappa shape index (κ1) is 13.8. The fourth-order valence-corrected chi connectivity index (χ4v) is 3.19. The van der Waals surface area contributed by atoms with Gasteiger partial charge >= 0.3 is 0 Å². The van der Waals surface area contributed by atoms with Crippen LogP contribution in [-0.2, 0) is 0 Å². The maximum atomic E-state index is 9.09. The molecule has 0 amide bonds. The van der Waals surface area contributed by atoms with Crippen LogP contribution in [-0.4, -0.2) is 32.9 Å². The van der Waals surface area contributed by atoms with E-state index in [1.807, 2.05) is 29.3 Å². The Morgan fingerprint density at radius 1 is 1.22 bits per heavy atom. The second kappa shape index (κ2) is 5.73. The highest BCUT2D eigenvalue weighted by Gasteiger charge is 2.23. The van der Waals surface area contributed by atoms with Gasteiger partial charge in [-0.05, 0) is 24.5 Å². The Hall–Kier alpha value is -2.87. The summed E-state index contributed by atoms with van der Waals surface area (Å²) in [6.45, 7) is 1.59. The van der Waals surface area contributed by atoms with E-state index in [0.717, 1.165) is 54.0 Å². The van der Waals surface area contributed by atoms with Crippen molar-refractivity contribution in [2.24, 2.45) is 0 Å².